The van der Waals surface area contributed by atoms with Crippen LogP contribution in [0.15, 0.2) is 18.2 Å². The Morgan fingerprint density at radius 3 is 2.41 bits per heavy atom. The molecule has 8 nitrogen and oxygen atoms in total. The van der Waals surface area contributed by atoms with E-state index in [1.54, 1.807) is 12.1 Å². The second-order valence-corrected chi connectivity index (χ2v) is 4.14. The van der Waals surface area contributed by atoms with Gasteiger partial charge in [-0.15, -0.1) is 0 Å². The molecule has 17 heavy (non-hydrogen) atoms. The van der Waals surface area contributed by atoms with Gasteiger partial charge in [0.1, 0.15) is 23.2 Å². The molecular formula is C9H16N6O2. The molecule has 0 amide bonds. The minimum Gasteiger partial charge on any atom is -0.458 e. The number of hydrogen-bond acceptors (Lipinski definition) is 8. The van der Waals surface area contributed by atoms with E-state index < -0.39 is 17.6 Å². The molecular weight excluding hydrogens is 224 g/mol. The standard InChI is InChI=1S/C9H16N6O2/c10-7-8(11,12)5-3-4(17-15)1-2-6(5)16-9(7,13)14/h1-3,7H,10-15H2. The van der Waals surface area contributed by atoms with Crippen molar-refractivity contribution in [3.05, 3.63) is 23.8 Å². The van der Waals surface area contributed by atoms with Crippen LogP contribution < -0.4 is 44.1 Å². The third-order valence-corrected chi connectivity index (χ3v) is 2.84. The van der Waals surface area contributed by atoms with Crippen LogP contribution in [0.25, 0.3) is 0 Å². The zero-order chi connectivity index (χ0) is 12.8. The van der Waals surface area contributed by atoms with Gasteiger partial charge in [-0.2, -0.15) is 5.90 Å². The molecule has 0 saturated heterocycles. The molecule has 0 saturated carbocycles. The van der Waals surface area contributed by atoms with Crippen molar-refractivity contribution in [3.8, 4) is 11.5 Å². The van der Waals surface area contributed by atoms with E-state index >= 15 is 0 Å². The first kappa shape index (κ1) is 12.0. The van der Waals surface area contributed by atoms with E-state index in [0.29, 0.717) is 17.1 Å². The van der Waals surface area contributed by atoms with Crippen molar-refractivity contribution in [3.63, 3.8) is 0 Å². The molecule has 1 aromatic rings. The summed E-state index contributed by atoms with van der Waals surface area (Å²) in [6.07, 6.45) is 0. The summed E-state index contributed by atoms with van der Waals surface area (Å²) in [7, 11) is 0. The molecule has 1 aliphatic heterocycles. The average Bonchev–Trinajstić information content (AvgIpc) is 2.26. The van der Waals surface area contributed by atoms with Crippen LogP contribution in [0.3, 0.4) is 0 Å². The summed E-state index contributed by atoms with van der Waals surface area (Å²) in [6.45, 7) is 0. The van der Waals surface area contributed by atoms with E-state index in [9.17, 15) is 0 Å². The molecule has 0 spiro atoms. The van der Waals surface area contributed by atoms with E-state index in [0.717, 1.165) is 0 Å². The van der Waals surface area contributed by atoms with E-state index in [4.69, 9.17) is 39.3 Å². The zero-order valence-electron chi connectivity index (χ0n) is 9.09. The highest BCUT2D eigenvalue weighted by molar-refractivity contribution is 5.47. The van der Waals surface area contributed by atoms with Crippen LogP contribution in [-0.4, -0.2) is 11.9 Å². The fourth-order valence-electron chi connectivity index (χ4n) is 1.80. The van der Waals surface area contributed by atoms with Crippen LogP contribution in [-0.2, 0) is 5.66 Å². The second kappa shape index (κ2) is 3.53. The Hall–Kier alpha value is -1.42. The van der Waals surface area contributed by atoms with Gasteiger partial charge in [-0.25, -0.2) is 0 Å². The Kier molecular flexibility index (Phi) is 2.51. The van der Waals surface area contributed by atoms with Crippen molar-refractivity contribution in [1.29, 1.82) is 0 Å². The number of ether oxygens (including phenoxy) is 1. The first-order chi connectivity index (χ1) is 7.79. The molecule has 1 atom stereocenters. The minimum absolute atomic E-state index is 0.350. The molecule has 0 aliphatic carbocycles. The lowest BCUT2D eigenvalue weighted by Gasteiger charge is -2.45. The predicted octanol–water partition coefficient (Wildman–Crippen LogP) is -2.70. The molecule has 8 heteroatoms. The smallest absolute Gasteiger partial charge is 0.231 e. The van der Waals surface area contributed by atoms with Crippen LogP contribution in [0, 0.1) is 0 Å². The fourth-order valence-corrected chi connectivity index (χ4v) is 1.80. The van der Waals surface area contributed by atoms with Crippen LogP contribution in [0.2, 0.25) is 0 Å². The highest BCUT2D eigenvalue weighted by Crippen LogP contribution is 2.37. The van der Waals surface area contributed by atoms with Gasteiger partial charge in [0.05, 0.1) is 0 Å². The van der Waals surface area contributed by atoms with Gasteiger partial charge in [0, 0.05) is 5.56 Å². The highest BCUT2D eigenvalue weighted by atomic mass is 16.6. The summed E-state index contributed by atoms with van der Waals surface area (Å²) >= 11 is 0. The third kappa shape index (κ3) is 1.72. The maximum Gasteiger partial charge on any atom is 0.231 e. The van der Waals surface area contributed by atoms with Crippen LogP contribution >= 0.6 is 0 Å². The van der Waals surface area contributed by atoms with E-state index in [2.05, 4.69) is 4.84 Å². The van der Waals surface area contributed by atoms with Crippen LogP contribution in [0.1, 0.15) is 5.56 Å². The zero-order valence-corrected chi connectivity index (χ0v) is 9.09. The van der Waals surface area contributed by atoms with E-state index in [1.165, 1.54) is 6.07 Å². The van der Waals surface area contributed by atoms with Crippen molar-refractivity contribution in [2.75, 3.05) is 0 Å². The Balaban J connectivity index is 2.58. The lowest BCUT2D eigenvalue weighted by molar-refractivity contribution is 0.000960. The van der Waals surface area contributed by atoms with Gasteiger partial charge < -0.3 is 26.8 Å². The number of nitrogens with two attached hydrogens (primary N) is 6. The Bertz CT molecular complexity index is 447. The molecule has 94 valence electrons. The van der Waals surface area contributed by atoms with E-state index in [1.807, 2.05) is 0 Å². The second-order valence-electron chi connectivity index (χ2n) is 4.14. The monoisotopic (exact) mass is 240 g/mol. The molecule has 0 aromatic heterocycles. The van der Waals surface area contributed by atoms with Gasteiger partial charge in [0.2, 0.25) is 5.85 Å². The highest BCUT2D eigenvalue weighted by Gasteiger charge is 2.49. The summed E-state index contributed by atoms with van der Waals surface area (Å²) in [5, 5.41) is 0. The molecule has 0 bridgehead atoms. The summed E-state index contributed by atoms with van der Waals surface area (Å²) in [4.78, 5) is 4.59. The summed E-state index contributed by atoms with van der Waals surface area (Å²) < 4.78 is 5.34. The minimum atomic E-state index is -1.64. The Morgan fingerprint density at radius 1 is 1.18 bits per heavy atom. The van der Waals surface area contributed by atoms with Gasteiger partial charge in [-0.05, 0) is 18.2 Å². The summed E-state index contributed by atoms with van der Waals surface area (Å²) in [5.41, 5.74) is 28.1. The number of benzene rings is 1. The van der Waals surface area contributed by atoms with Crippen LogP contribution in [0.5, 0.6) is 11.5 Å². The van der Waals surface area contributed by atoms with Gasteiger partial charge in [-0.1, -0.05) is 0 Å². The quantitative estimate of drug-likeness (QED) is 0.227. The van der Waals surface area contributed by atoms with Gasteiger partial charge >= 0.3 is 0 Å². The Labute approximate surface area is 97.7 Å². The molecule has 12 N–H and O–H groups in total. The molecule has 0 radical (unpaired) electrons. The largest absolute Gasteiger partial charge is 0.458 e. The lowest BCUT2D eigenvalue weighted by Crippen LogP contribution is -2.79. The average molecular weight is 240 g/mol. The van der Waals surface area contributed by atoms with Crippen molar-refractivity contribution in [2.45, 2.75) is 17.6 Å². The summed E-state index contributed by atoms with van der Waals surface area (Å²) in [5.74, 6) is 4.14. The maximum absolute atomic E-state index is 5.95. The van der Waals surface area contributed by atoms with Gasteiger partial charge in [-0.3, -0.25) is 11.5 Å². The number of hydrogen-bond donors (Lipinski definition) is 6. The van der Waals surface area contributed by atoms with Crippen LogP contribution in [0.4, 0.5) is 0 Å². The normalized spacial score (nSPS) is 24.7. The first-order valence-corrected chi connectivity index (χ1v) is 4.90. The topological polar surface area (TPSA) is 175 Å². The predicted molar refractivity (Wildman–Crippen MR) is 61.0 cm³/mol. The van der Waals surface area contributed by atoms with Gasteiger partial charge in [0.25, 0.3) is 0 Å². The van der Waals surface area contributed by atoms with Crippen molar-refractivity contribution in [1.82, 2.24) is 0 Å². The number of rotatable bonds is 1. The van der Waals surface area contributed by atoms with Crippen molar-refractivity contribution >= 4 is 0 Å². The molecule has 1 heterocycles. The maximum atomic E-state index is 5.95. The van der Waals surface area contributed by atoms with Crippen molar-refractivity contribution in [2.24, 2.45) is 34.6 Å². The van der Waals surface area contributed by atoms with Gasteiger partial charge in [0.15, 0.2) is 0 Å². The molecule has 2 rings (SSSR count). The van der Waals surface area contributed by atoms with E-state index in [-0.39, 0.29) is 0 Å². The SMILES string of the molecule is NOc1ccc2c(c1)C(N)(N)C(N)C(N)(N)O2. The summed E-state index contributed by atoms with van der Waals surface area (Å²) in [6, 6.07) is 3.68. The Morgan fingerprint density at radius 2 is 1.82 bits per heavy atom. The lowest BCUT2D eigenvalue weighted by atomic mass is 9.87. The fraction of sp³-hybridized carbons (Fsp3) is 0.333. The number of fused-ring (bicyclic) bond motifs is 1. The molecule has 1 aromatic carbocycles. The molecule has 0 fully saturated rings. The molecule has 1 aliphatic rings. The molecule has 1 unspecified atom stereocenters. The van der Waals surface area contributed by atoms with Crippen molar-refractivity contribution < 1.29 is 9.57 Å². The first-order valence-electron chi connectivity index (χ1n) is 4.90. The third-order valence-electron chi connectivity index (χ3n) is 2.84.